The van der Waals surface area contributed by atoms with Crippen molar-refractivity contribution in [1.82, 2.24) is 5.32 Å². The molecule has 1 atom stereocenters. The molecular weight excluding hydrogens is 237 g/mol. The average Bonchev–Trinajstić information content (AvgIpc) is 2.32. The molecule has 0 radical (unpaired) electrons. The van der Waals surface area contributed by atoms with Crippen LogP contribution in [0.3, 0.4) is 0 Å². The van der Waals surface area contributed by atoms with Crippen LogP contribution in [0.1, 0.15) is 57.4 Å². The Kier molecular flexibility index (Phi) is 5.84. The van der Waals surface area contributed by atoms with Gasteiger partial charge in [-0.25, -0.2) is 4.39 Å². The van der Waals surface area contributed by atoms with Crippen molar-refractivity contribution < 1.29 is 4.39 Å². The van der Waals surface area contributed by atoms with Gasteiger partial charge in [-0.2, -0.15) is 0 Å². The van der Waals surface area contributed by atoms with Gasteiger partial charge in [-0.1, -0.05) is 44.2 Å². The van der Waals surface area contributed by atoms with Crippen LogP contribution in [0.25, 0.3) is 0 Å². The summed E-state index contributed by atoms with van der Waals surface area (Å²) in [5.41, 5.74) is 1.09. The van der Waals surface area contributed by atoms with Gasteiger partial charge in [0.1, 0.15) is 5.82 Å². The number of halogens is 1. The van der Waals surface area contributed by atoms with Crippen molar-refractivity contribution >= 4 is 0 Å². The number of rotatable bonds is 4. The first-order valence-corrected chi connectivity index (χ1v) is 7.74. The highest BCUT2D eigenvalue weighted by molar-refractivity contribution is 5.17. The van der Waals surface area contributed by atoms with Crippen molar-refractivity contribution in [3.05, 3.63) is 35.6 Å². The summed E-state index contributed by atoms with van der Waals surface area (Å²) in [7, 11) is 0. The zero-order valence-corrected chi connectivity index (χ0v) is 12.0. The monoisotopic (exact) mass is 263 g/mol. The van der Waals surface area contributed by atoms with Gasteiger partial charge in [-0.05, 0) is 43.9 Å². The predicted octanol–water partition coefficient (Wildman–Crippen LogP) is 4.46. The molecule has 19 heavy (non-hydrogen) atoms. The lowest BCUT2D eigenvalue weighted by molar-refractivity contribution is 0.358. The van der Waals surface area contributed by atoms with Crippen LogP contribution in [-0.2, 0) is 6.42 Å². The Morgan fingerprint density at radius 3 is 2.53 bits per heavy atom. The molecule has 1 nitrogen and oxygen atoms in total. The van der Waals surface area contributed by atoms with E-state index in [-0.39, 0.29) is 5.82 Å². The molecule has 0 aromatic heterocycles. The van der Waals surface area contributed by atoms with Gasteiger partial charge in [0.15, 0.2) is 0 Å². The summed E-state index contributed by atoms with van der Waals surface area (Å²) < 4.78 is 13.2. The van der Waals surface area contributed by atoms with Gasteiger partial charge >= 0.3 is 0 Å². The number of hydrogen-bond donors (Lipinski definition) is 1. The molecule has 106 valence electrons. The van der Waals surface area contributed by atoms with Gasteiger partial charge in [0.2, 0.25) is 0 Å². The highest BCUT2D eigenvalue weighted by Gasteiger charge is 2.14. The van der Waals surface area contributed by atoms with Crippen molar-refractivity contribution in [2.45, 2.75) is 70.4 Å². The maximum Gasteiger partial charge on any atom is 0.123 e. The third kappa shape index (κ3) is 5.32. The molecular formula is C17H26FN. The summed E-state index contributed by atoms with van der Waals surface area (Å²) in [4.78, 5) is 0. The van der Waals surface area contributed by atoms with Gasteiger partial charge in [0.05, 0.1) is 0 Å². The van der Waals surface area contributed by atoms with Gasteiger partial charge in [-0.15, -0.1) is 0 Å². The lowest BCUT2D eigenvalue weighted by Gasteiger charge is -2.25. The first kappa shape index (κ1) is 14.5. The minimum absolute atomic E-state index is 0.129. The Labute approximate surface area is 116 Å². The molecule has 1 unspecified atom stereocenters. The molecule has 0 heterocycles. The Hall–Kier alpha value is -0.890. The normalized spacial score (nSPS) is 19.7. The molecule has 2 heteroatoms. The molecule has 0 bridgehead atoms. The van der Waals surface area contributed by atoms with E-state index < -0.39 is 0 Å². The Balaban J connectivity index is 1.80. The molecule has 2 rings (SSSR count). The second-order valence-corrected chi connectivity index (χ2v) is 5.94. The summed E-state index contributed by atoms with van der Waals surface area (Å²) in [5, 5.41) is 3.73. The van der Waals surface area contributed by atoms with Gasteiger partial charge in [0.25, 0.3) is 0 Å². The average molecular weight is 263 g/mol. The first-order valence-electron chi connectivity index (χ1n) is 7.74. The topological polar surface area (TPSA) is 12.0 Å². The fourth-order valence-electron chi connectivity index (χ4n) is 3.10. The van der Waals surface area contributed by atoms with E-state index in [4.69, 9.17) is 0 Å². The molecule has 1 fully saturated rings. The van der Waals surface area contributed by atoms with E-state index in [0.717, 1.165) is 12.0 Å². The van der Waals surface area contributed by atoms with Crippen molar-refractivity contribution in [1.29, 1.82) is 0 Å². The molecule has 0 amide bonds. The number of benzene rings is 1. The minimum atomic E-state index is -0.129. The molecule has 1 saturated carbocycles. The van der Waals surface area contributed by atoms with Crippen molar-refractivity contribution in [2.75, 3.05) is 0 Å². The maximum absolute atomic E-state index is 13.2. The second kappa shape index (κ2) is 7.64. The van der Waals surface area contributed by atoms with E-state index in [1.165, 1.54) is 51.0 Å². The van der Waals surface area contributed by atoms with E-state index in [1.807, 2.05) is 6.07 Å². The second-order valence-electron chi connectivity index (χ2n) is 5.94. The zero-order valence-electron chi connectivity index (χ0n) is 12.0. The van der Waals surface area contributed by atoms with Crippen LogP contribution in [0, 0.1) is 5.82 Å². The lowest BCUT2D eigenvalue weighted by Crippen LogP contribution is -2.38. The van der Waals surface area contributed by atoms with Crippen molar-refractivity contribution in [3.63, 3.8) is 0 Å². The van der Waals surface area contributed by atoms with Crippen LogP contribution >= 0.6 is 0 Å². The van der Waals surface area contributed by atoms with Crippen LogP contribution in [0.5, 0.6) is 0 Å². The maximum atomic E-state index is 13.2. The predicted molar refractivity (Wildman–Crippen MR) is 78.8 cm³/mol. The molecule has 0 saturated heterocycles. The summed E-state index contributed by atoms with van der Waals surface area (Å²) >= 11 is 0. The number of hydrogen-bond acceptors (Lipinski definition) is 1. The molecule has 1 aromatic rings. The third-order valence-electron chi connectivity index (χ3n) is 4.06. The fraction of sp³-hybridized carbons (Fsp3) is 0.647. The highest BCUT2D eigenvalue weighted by Crippen LogP contribution is 2.18. The quantitative estimate of drug-likeness (QED) is 0.845. The third-order valence-corrected chi connectivity index (χ3v) is 4.06. The van der Waals surface area contributed by atoms with E-state index in [0.29, 0.717) is 12.1 Å². The Bertz CT molecular complexity index is 369. The van der Waals surface area contributed by atoms with Gasteiger partial charge < -0.3 is 5.32 Å². The summed E-state index contributed by atoms with van der Waals surface area (Å²) in [6, 6.07) is 8.05. The number of nitrogens with one attached hydrogen (secondary N) is 1. The lowest BCUT2D eigenvalue weighted by atomic mass is 9.95. The molecule has 1 aliphatic carbocycles. The SMILES string of the molecule is CC(Cc1cccc(F)c1)NC1CCCCCCC1. The van der Waals surface area contributed by atoms with Gasteiger partial charge in [0, 0.05) is 12.1 Å². The first-order chi connectivity index (χ1) is 9.24. The Morgan fingerprint density at radius 1 is 1.16 bits per heavy atom. The highest BCUT2D eigenvalue weighted by atomic mass is 19.1. The smallest absolute Gasteiger partial charge is 0.123 e. The van der Waals surface area contributed by atoms with Crippen LogP contribution in [-0.4, -0.2) is 12.1 Å². The fourth-order valence-corrected chi connectivity index (χ4v) is 3.10. The van der Waals surface area contributed by atoms with E-state index >= 15 is 0 Å². The van der Waals surface area contributed by atoms with Crippen LogP contribution in [0.2, 0.25) is 0 Å². The van der Waals surface area contributed by atoms with Crippen LogP contribution < -0.4 is 5.32 Å². The largest absolute Gasteiger partial charge is 0.311 e. The summed E-state index contributed by atoms with van der Waals surface area (Å²) in [6.45, 7) is 2.21. The molecule has 0 spiro atoms. The Morgan fingerprint density at radius 2 is 1.84 bits per heavy atom. The standard InChI is InChI=1S/C17H26FN/c1-14(12-15-8-7-9-16(18)13-15)19-17-10-5-3-2-4-6-11-17/h7-9,13-14,17,19H,2-6,10-12H2,1H3. The minimum Gasteiger partial charge on any atom is -0.311 e. The molecule has 1 N–H and O–H groups in total. The summed E-state index contributed by atoms with van der Waals surface area (Å²) in [5.74, 6) is -0.129. The molecule has 0 aliphatic heterocycles. The van der Waals surface area contributed by atoms with Crippen molar-refractivity contribution in [2.24, 2.45) is 0 Å². The van der Waals surface area contributed by atoms with E-state index in [2.05, 4.69) is 12.2 Å². The van der Waals surface area contributed by atoms with Crippen LogP contribution in [0.15, 0.2) is 24.3 Å². The zero-order chi connectivity index (χ0) is 13.5. The molecule has 1 aromatic carbocycles. The van der Waals surface area contributed by atoms with Crippen molar-refractivity contribution in [3.8, 4) is 0 Å². The van der Waals surface area contributed by atoms with E-state index in [9.17, 15) is 4.39 Å². The molecule has 1 aliphatic rings. The summed E-state index contributed by atoms with van der Waals surface area (Å²) in [6.07, 6.45) is 10.4. The van der Waals surface area contributed by atoms with Gasteiger partial charge in [-0.3, -0.25) is 0 Å². The van der Waals surface area contributed by atoms with E-state index in [1.54, 1.807) is 12.1 Å². The van der Waals surface area contributed by atoms with Crippen LogP contribution in [0.4, 0.5) is 4.39 Å².